The molecule has 35 heavy (non-hydrogen) atoms. The number of hydrogen-bond donors (Lipinski definition) is 0. The Hall–Kier alpha value is -4.08. The van der Waals surface area contributed by atoms with E-state index < -0.39 is 0 Å². The minimum atomic E-state index is 0.933. The molecule has 0 saturated heterocycles. The second-order valence-electron chi connectivity index (χ2n) is 8.57. The average molecular weight is 470 g/mol. The molecule has 0 spiro atoms. The van der Waals surface area contributed by atoms with E-state index in [9.17, 15) is 0 Å². The highest BCUT2D eigenvalue weighted by atomic mass is 32.1. The molecule has 0 aliphatic carbocycles. The van der Waals surface area contributed by atoms with Crippen LogP contribution >= 0.6 is 11.3 Å². The van der Waals surface area contributed by atoms with Gasteiger partial charge in [0.25, 0.3) is 0 Å². The number of aromatic nitrogens is 1. The van der Waals surface area contributed by atoms with E-state index in [1.807, 2.05) is 31.3 Å². The molecule has 0 aliphatic rings. The zero-order chi connectivity index (χ0) is 23.5. The highest BCUT2D eigenvalue weighted by Gasteiger charge is 2.18. The summed E-state index contributed by atoms with van der Waals surface area (Å²) < 4.78 is 11.5. The zero-order valence-corrected chi connectivity index (χ0v) is 20.4. The Labute approximate surface area is 206 Å². The Morgan fingerprint density at radius 2 is 1.29 bits per heavy atom. The molecule has 0 saturated carbocycles. The molecule has 0 aliphatic heterocycles. The first-order valence-electron chi connectivity index (χ1n) is 12.1. The van der Waals surface area contributed by atoms with Gasteiger partial charge in [0.2, 0.25) is 0 Å². The van der Waals surface area contributed by atoms with Crippen LogP contribution in [-0.2, 0) is 0 Å². The van der Waals surface area contributed by atoms with Crippen LogP contribution in [0.3, 0.4) is 0 Å². The van der Waals surface area contributed by atoms with Crippen LogP contribution in [0, 0.1) is 0 Å². The third-order valence-corrected chi connectivity index (χ3v) is 7.95. The topological polar surface area (TPSA) is 18.1 Å². The van der Waals surface area contributed by atoms with Crippen LogP contribution in [0.4, 0.5) is 0 Å². The van der Waals surface area contributed by atoms with Crippen molar-refractivity contribution in [3.8, 4) is 5.69 Å². The van der Waals surface area contributed by atoms with Gasteiger partial charge in [0.05, 0.1) is 16.4 Å². The van der Waals surface area contributed by atoms with E-state index in [1.165, 1.54) is 53.1 Å². The minimum Gasteiger partial charge on any atom is -0.455 e. The van der Waals surface area contributed by atoms with Gasteiger partial charge in [-0.2, -0.15) is 0 Å². The molecule has 0 radical (unpaired) electrons. The molecule has 5 aromatic carbocycles. The summed E-state index contributed by atoms with van der Waals surface area (Å²) in [4.78, 5) is 0. The molecule has 168 valence electrons. The van der Waals surface area contributed by atoms with Gasteiger partial charge in [-0.05, 0) is 48.5 Å². The molecule has 0 bridgehead atoms. The number of benzene rings is 5. The Kier molecular flexibility index (Phi) is 4.48. The van der Waals surface area contributed by atoms with Gasteiger partial charge in [-0.1, -0.05) is 68.4 Å². The lowest BCUT2D eigenvalue weighted by Gasteiger charge is -2.08. The van der Waals surface area contributed by atoms with E-state index in [-0.39, 0.29) is 0 Å². The van der Waals surface area contributed by atoms with Crippen LogP contribution in [0.25, 0.3) is 69.6 Å². The van der Waals surface area contributed by atoms with Crippen LogP contribution in [0.5, 0.6) is 0 Å². The number of thiophene rings is 1. The predicted molar refractivity (Wildman–Crippen MR) is 152 cm³/mol. The highest BCUT2D eigenvalue weighted by molar-refractivity contribution is 7.25. The van der Waals surface area contributed by atoms with Gasteiger partial charge in [0.15, 0.2) is 0 Å². The van der Waals surface area contributed by atoms with Crippen LogP contribution < -0.4 is 0 Å². The maximum Gasteiger partial charge on any atom is 0.145 e. The van der Waals surface area contributed by atoms with Gasteiger partial charge < -0.3 is 8.98 Å². The fraction of sp³-hybridized carbons (Fsp3) is 0.0625. The Morgan fingerprint density at radius 3 is 2.17 bits per heavy atom. The third kappa shape index (κ3) is 2.82. The number of para-hydroxylation sites is 2. The summed E-state index contributed by atoms with van der Waals surface area (Å²) in [5, 5.41) is 7.35. The molecule has 0 fully saturated rings. The standard InChI is InChI=1S/C30H17NOS.C2H6/c1-4-10-24-22(9-1)29-25(15-14-21-19-7-2-5-11-26(19)32-30(21)29)31(24)18-13-16-28-23(17-18)20-8-3-6-12-27(20)33-28;1-2/h1-17H;1-2H3. The van der Waals surface area contributed by atoms with Gasteiger partial charge in [0, 0.05) is 42.0 Å². The smallest absolute Gasteiger partial charge is 0.145 e. The third-order valence-electron chi connectivity index (χ3n) is 6.80. The van der Waals surface area contributed by atoms with Crippen molar-refractivity contribution in [3.63, 3.8) is 0 Å². The number of rotatable bonds is 1. The van der Waals surface area contributed by atoms with E-state index in [4.69, 9.17) is 4.42 Å². The van der Waals surface area contributed by atoms with Crippen molar-refractivity contribution in [2.24, 2.45) is 0 Å². The molecule has 3 aromatic heterocycles. The summed E-state index contributed by atoms with van der Waals surface area (Å²) in [6.07, 6.45) is 0. The molecule has 0 atom stereocenters. The summed E-state index contributed by atoms with van der Waals surface area (Å²) >= 11 is 1.85. The van der Waals surface area contributed by atoms with Crippen LogP contribution in [-0.4, -0.2) is 4.57 Å². The number of hydrogen-bond acceptors (Lipinski definition) is 2. The predicted octanol–water partition coefficient (Wildman–Crippen LogP) is 10.1. The van der Waals surface area contributed by atoms with E-state index in [2.05, 4.69) is 102 Å². The molecular formula is C32H23NOS. The lowest BCUT2D eigenvalue weighted by Crippen LogP contribution is -1.93. The molecule has 8 aromatic rings. The van der Waals surface area contributed by atoms with Crippen LogP contribution in [0.1, 0.15) is 13.8 Å². The normalized spacial score (nSPS) is 11.7. The van der Waals surface area contributed by atoms with Crippen molar-refractivity contribution in [1.29, 1.82) is 0 Å². The van der Waals surface area contributed by atoms with Crippen molar-refractivity contribution in [2.45, 2.75) is 13.8 Å². The summed E-state index contributed by atoms with van der Waals surface area (Å²) in [6, 6.07) is 36.9. The minimum absolute atomic E-state index is 0.933. The Bertz CT molecular complexity index is 2040. The summed E-state index contributed by atoms with van der Waals surface area (Å²) in [6.45, 7) is 4.00. The SMILES string of the molecule is CC.c1ccc2c(c1)oc1c2ccc2c1c1ccccc1n2-c1ccc2sc3ccccc3c2c1. The van der Waals surface area contributed by atoms with E-state index in [0.717, 1.165) is 16.6 Å². The summed E-state index contributed by atoms with van der Waals surface area (Å²) in [5.74, 6) is 0. The molecule has 8 rings (SSSR count). The number of fused-ring (bicyclic) bond motifs is 10. The molecule has 0 unspecified atom stereocenters. The van der Waals surface area contributed by atoms with Gasteiger partial charge in [-0.25, -0.2) is 0 Å². The van der Waals surface area contributed by atoms with Crippen LogP contribution in [0.2, 0.25) is 0 Å². The van der Waals surface area contributed by atoms with E-state index in [0.29, 0.717) is 0 Å². The van der Waals surface area contributed by atoms with Crippen molar-refractivity contribution < 1.29 is 4.42 Å². The molecular weight excluding hydrogens is 446 g/mol. The van der Waals surface area contributed by atoms with Crippen molar-refractivity contribution >= 4 is 75.3 Å². The van der Waals surface area contributed by atoms with Gasteiger partial charge in [0.1, 0.15) is 11.2 Å². The Morgan fingerprint density at radius 1 is 0.571 bits per heavy atom. The monoisotopic (exact) mass is 469 g/mol. The zero-order valence-electron chi connectivity index (χ0n) is 19.6. The molecule has 3 heterocycles. The van der Waals surface area contributed by atoms with Gasteiger partial charge in [-0.15, -0.1) is 11.3 Å². The van der Waals surface area contributed by atoms with Crippen LogP contribution in [0.15, 0.2) is 108 Å². The highest BCUT2D eigenvalue weighted by Crippen LogP contribution is 2.41. The van der Waals surface area contributed by atoms with E-state index in [1.54, 1.807) is 0 Å². The van der Waals surface area contributed by atoms with E-state index >= 15 is 0 Å². The molecule has 0 amide bonds. The number of furan rings is 1. The lowest BCUT2D eigenvalue weighted by atomic mass is 10.1. The van der Waals surface area contributed by atoms with Gasteiger partial charge >= 0.3 is 0 Å². The molecule has 3 heteroatoms. The molecule has 0 N–H and O–H groups in total. The maximum atomic E-state index is 6.43. The number of nitrogens with zero attached hydrogens (tertiary/aromatic N) is 1. The first kappa shape index (κ1) is 20.3. The molecule has 2 nitrogen and oxygen atoms in total. The first-order chi connectivity index (χ1) is 17.4. The van der Waals surface area contributed by atoms with Crippen molar-refractivity contribution in [3.05, 3.63) is 103 Å². The fourth-order valence-corrected chi connectivity index (χ4v) is 6.45. The first-order valence-corrected chi connectivity index (χ1v) is 12.9. The maximum absolute atomic E-state index is 6.43. The Balaban J connectivity index is 0.00000103. The summed E-state index contributed by atoms with van der Waals surface area (Å²) in [7, 11) is 0. The quantitative estimate of drug-likeness (QED) is 0.234. The second kappa shape index (κ2) is 7.72. The summed E-state index contributed by atoms with van der Waals surface area (Å²) in [5.41, 5.74) is 5.43. The lowest BCUT2D eigenvalue weighted by molar-refractivity contribution is 0.673. The van der Waals surface area contributed by atoms with Crippen molar-refractivity contribution in [2.75, 3.05) is 0 Å². The average Bonchev–Trinajstić information content (AvgIpc) is 3.58. The second-order valence-corrected chi connectivity index (χ2v) is 9.65. The van der Waals surface area contributed by atoms with Crippen molar-refractivity contribution in [1.82, 2.24) is 4.57 Å². The van der Waals surface area contributed by atoms with Gasteiger partial charge in [-0.3, -0.25) is 0 Å². The fourth-order valence-electron chi connectivity index (χ4n) is 5.37. The largest absolute Gasteiger partial charge is 0.455 e.